The predicted molar refractivity (Wildman–Crippen MR) is 139 cm³/mol. The van der Waals surface area contributed by atoms with Crippen LogP contribution >= 0.6 is 0 Å². The van der Waals surface area contributed by atoms with Gasteiger partial charge in [0.1, 0.15) is 5.52 Å². The number of piperidine rings is 1. The van der Waals surface area contributed by atoms with E-state index in [1.807, 2.05) is 4.90 Å². The summed E-state index contributed by atoms with van der Waals surface area (Å²) in [5.41, 5.74) is 1.23. The summed E-state index contributed by atoms with van der Waals surface area (Å²) in [5.74, 6) is 0.0349. The minimum Gasteiger partial charge on any atom is -0.365 e. The van der Waals surface area contributed by atoms with Crippen LogP contribution in [0.4, 0.5) is 20.5 Å². The van der Waals surface area contributed by atoms with Crippen molar-refractivity contribution in [2.24, 2.45) is 17.8 Å². The van der Waals surface area contributed by atoms with Crippen molar-refractivity contribution in [3.8, 4) is 11.6 Å². The minimum atomic E-state index is -2.65. The third-order valence-corrected chi connectivity index (χ3v) is 8.81. The number of halogens is 2. The fourth-order valence-corrected chi connectivity index (χ4v) is 6.05. The summed E-state index contributed by atoms with van der Waals surface area (Å²) in [6, 6.07) is 0.182. The highest BCUT2D eigenvalue weighted by Crippen LogP contribution is 2.38. The summed E-state index contributed by atoms with van der Waals surface area (Å²) in [4.78, 5) is 30.5. The van der Waals surface area contributed by atoms with Crippen LogP contribution in [0.1, 0.15) is 71.6 Å². The Morgan fingerprint density at radius 2 is 1.84 bits per heavy atom. The van der Waals surface area contributed by atoms with Crippen molar-refractivity contribution >= 4 is 22.9 Å². The molecule has 12 heteroatoms. The molecule has 0 amide bonds. The number of rotatable bonds is 7. The number of H-pyrrole nitrogens is 1. The summed E-state index contributed by atoms with van der Waals surface area (Å²) < 4.78 is 34.9. The summed E-state index contributed by atoms with van der Waals surface area (Å²) >= 11 is 0. The number of hydrogen-bond acceptors (Lipinski definition) is 8. The van der Waals surface area contributed by atoms with E-state index in [-0.39, 0.29) is 43.6 Å². The van der Waals surface area contributed by atoms with E-state index in [4.69, 9.17) is 14.5 Å². The maximum atomic E-state index is 14.0. The smallest absolute Gasteiger partial charge is 0.365 e. The Morgan fingerprint density at radius 3 is 2.47 bits per heavy atom. The van der Waals surface area contributed by atoms with Crippen LogP contribution in [-0.4, -0.2) is 54.7 Å². The molecule has 3 aromatic rings. The fraction of sp³-hybridized carbons (Fsp3) is 0.731. The Morgan fingerprint density at radius 1 is 1.11 bits per heavy atom. The molecule has 1 saturated heterocycles. The third-order valence-electron chi connectivity index (χ3n) is 8.81. The fourth-order valence-electron chi connectivity index (χ4n) is 6.05. The Kier molecular flexibility index (Phi) is 6.59. The monoisotopic (exact) mass is 530 g/mol. The van der Waals surface area contributed by atoms with Crippen LogP contribution in [0, 0.1) is 17.8 Å². The molecule has 6 rings (SSSR count). The Bertz CT molecular complexity index is 1330. The van der Waals surface area contributed by atoms with Gasteiger partial charge in [-0.3, -0.25) is 9.51 Å². The van der Waals surface area contributed by atoms with E-state index in [0.717, 1.165) is 30.8 Å². The Hall–Kier alpha value is -3.05. The van der Waals surface area contributed by atoms with Crippen LogP contribution < -0.4 is 16.0 Å². The van der Waals surface area contributed by atoms with Crippen LogP contribution in [0.5, 0.6) is 0 Å². The van der Waals surface area contributed by atoms with Crippen LogP contribution in [0.15, 0.2) is 9.32 Å². The zero-order valence-electron chi connectivity index (χ0n) is 22.1. The zero-order valence-corrected chi connectivity index (χ0v) is 22.1. The number of nitrogens with zero attached hydrogens (tertiary/aromatic N) is 6. The molecule has 1 unspecified atom stereocenters. The van der Waals surface area contributed by atoms with Crippen LogP contribution in [-0.2, 0) is 6.54 Å². The van der Waals surface area contributed by atoms with Crippen molar-refractivity contribution in [2.45, 2.75) is 90.1 Å². The number of hydrogen-bond donors (Lipinski definition) is 2. The summed E-state index contributed by atoms with van der Waals surface area (Å²) in [6.07, 6.45) is 7.78. The third kappa shape index (κ3) is 5.01. The summed E-state index contributed by atoms with van der Waals surface area (Å²) in [5, 5.41) is 7.40. The lowest BCUT2D eigenvalue weighted by molar-refractivity contribution is -0.0223. The normalized spacial score (nSPS) is 24.9. The second-order valence-corrected chi connectivity index (χ2v) is 11.6. The molecular formula is C26H36F2N8O2. The highest BCUT2D eigenvalue weighted by Gasteiger charge is 2.36. The molecule has 4 heterocycles. The molecule has 0 aromatic carbocycles. The molecule has 0 bridgehead atoms. The van der Waals surface area contributed by atoms with Crippen molar-refractivity contribution < 1.29 is 13.3 Å². The second kappa shape index (κ2) is 9.92. The average molecular weight is 531 g/mol. The first kappa shape index (κ1) is 25.2. The molecule has 1 atom stereocenters. The van der Waals surface area contributed by atoms with Crippen LogP contribution in [0.3, 0.4) is 0 Å². The SMILES string of the molecule is CC1CCC(Cn2c(N3CCC(F)(F)CC3)nc3nc(-c4noc(=O)[nH]4)nc(NC(C)C4CCC4)c32)CC1. The lowest BCUT2D eigenvalue weighted by Crippen LogP contribution is -2.40. The highest BCUT2D eigenvalue weighted by molar-refractivity contribution is 5.87. The van der Waals surface area contributed by atoms with E-state index in [0.29, 0.717) is 29.2 Å². The van der Waals surface area contributed by atoms with E-state index in [2.05, 4.69) is 38.9 Å². The number of anilines is 2. The highest BCUT2D eigenvalue weighted by atomic mass is 19.3. The van der Waals surface area contributed by atoms with Gasteiger partial charge in [0.25, 0.3) is 5.92 Å². The van der Waals surface area contributed by atoms with Gasteiger partial charge in [-0.05, 0) is 50.4 Å². The summed E-state index contributed by atoms with van der Waals surface area (Å²) in [7, 11) is 0. The zero-order chi connectivity index (χ0) is 26.4. The number of fused-ring (bicyclic) bond motifs is 1. The van der Waals surface area contributed by atoms with Gasteiger partial charge in [-0.2, -0.15) is 4.98 Å². The Balaban J connectivity index is 1.45. The second-order valence-electron chi connectivity index (χ2n) is 11.6. The molecule has 3 aromatic heterocycles. The quantitative estimate of drug-likeness (QED) is 0.446. The van der Waals surface area contributed by atoms with E-state index < -0.39 is 11.7 Å². The molecule has 38 heavy (non-hydrogen) atoms. The molecule has 0 spiro atoms. The number of aromatic nitrogens is 6. The molecule has 2 aliphatic carbocycles. The lowest BCUT2D eigenvalue weighted by Gasteiger charge is -2.34. The summed E-state index contributed by atoms with van der Waals surface area (Å²) in [6.45, 7) is 5.66. The van der Waals surface area contributed by atoms with Gasteiger partial charge in [0, 0.05) is 38.5 Å². The van der Waals surface area contributed by atoms with E-state index >= 15 is 0 Å². The van der Waals surface area contributed by atoms with E-state index in [1.165, 1.54) is 32.1 Å². The van der Waals surface area contributed by atoms with Gasteiger partial charge in [0.05, 0.1) is 0 Å². The lowest BCUT2D eigenvalue weighted by atomic mass is 9.80. The maximum Gasteiger partial charge on any atom is 0.439 e. The van der Waals surface area contributed by atoms with Crippen molar-refractivity contribution in [2.75, 3.05) is 23.3 Å². The van der Waals surface area contributed by atoms with E-state index in [1.54, 1.807) is 0 Å². The van der Waals surface area contributed by atoms with Gasteiger partial charge in [0.15, 0.2) is 11.5 Å². The standard InChI is InChI=1S/C26H36F2N8O2/c1-15-6-8-17(9-7-15)14-36-19-20(29-16(2)18-4-3-5-18)30-22(23-33-25(37)38-34-23)31-21(19)32-24(36)35-12-10-26(27,28)11-13-35/h15-18H,3-14H2,1-2H3,(H,29,30,31)(H,33,34,37). The van der Waals surface area contributed by atoms with Gasteiger partial charge >= 0.3 is 5.76 Å². The number of imidazole rings is 1. The van der Waals surface area contributed by atoms with Gasteiger partial charge < -0.3 is 14.8 Å². The average Bonchev–Trinajstić information content (AvgIpc) is 3.43. The molecular weight excluding hydrogens is 494 g/mol. The predicted octanol–water partition coefficient (Wildman–Crippen LogP) is 4.83. The molecule has 206 valence electrons. The molecule has 10 nitrogen and oxygen atoms in total. The first-order valence-corrected chi connectivity index (χ1v) is 14.0. The van der Waals surface area contributed by atoms with Crippen LogP contribution in [0.2, 0.25) is 0 Å². The van der Waals surface area contributed by atoms with Gasteiger partial charge in [-0.25, -0.2) is 23.5 Å². The molecule has 3 fully saturated rings. The number of alkyl halides is 2. The van der Waals surface area contributed by atoms with E-state index in [9.17, 15) is 13.6 Å². The first-order chi connectivity index (χ1) is 18.3. The molecule has 2 N–H and O–H groups in total. The van der Waals surface area contributed by atoms with Gasteiger partial charge in [-0.15, -0.1) is 0 Å². The van der Waals surface area contributed by atoms with Crippen molar-refractivity contribution in [3.63, 3.8) is 0 Å². The molecule has 0 radical (unpaired) electrons. The van der Waals surface area contributed by atoms with Crippen LogP contribution in [0.25, 0.3) is 22.8 Å². The van der Waals surface area contributed by atoms with Gasteiger partial charge in [0.2, 0.25) is 17.6 Å². The molecule has 2 saturated carbocycles. The van der Waals surface area contributed by atoms with Crippen molar-refractivity contribution in [3.05, 3.63) is 10.6 Å². The molecule has 3 aliphatic rings. The van der Waals surface area contributed by atoms with Crippen molar-refractivity contribution in [1.82, 2.24) is 29.7 Å². The Labute approximate surface area is 219 Å². The molecule has 1 aliphatic heterocycles. The minimum absolute atomic E-state index is 0.131. The van der Waals surface area contributed by atoms with Crippen molar-refractivity contribution in [1.29, 1.82) is 0 Å². The number of nitrogens with one attached hydrogen (secondary N) is 2. The largest absolute Gasteiger partial charge is 0.439 e. The topological polar surface area (TPSA) is 118 Å². The number of aromatic amines is 1. The van der Waals surface area contributed by atoms with Gasteiger partial charge in [-0.1, -0.05) is 31.3 Å². The maximum absolute atomic E-state index is 14.0. The first-order valence-electron chi connectivity index (χ1n) is 14.0.